The van der Waals surface area contributed by atoms with Crippen LogP contribution in [0.15, 0.2) is 45.6 Å². The quantitative estimate of drug-likeness (QED) is 0.901. The fourth-order valence-electron chi connectivity index (χ4n) is 1.90. The minimum absolute atomic E-state index is 0.134. The Balaban J connectivity index is 2.01. The van der Waals surface area contributed by atoms with E-state index < -0.39 is 0 Å². The number of urea groups is 1. The third-order valence-electron chi connectivity index (χ3n) is 2.73. The first-order chi connectivity index (χ1) is 9.46. The van der Waals surface area contributed by atoms with E-state index in [1.165, 1.54) is 0 Å². The van der Waals surface area contributed by atoms with E-state index in [-0.39, 0.29) is 17.5 Å². The van der Waals surface area contributed by atoms with Crippen molar-refractivity contribution in [2.75, 3.05) is 6.54 Å². The summed E-state index contributed by atoms with van der Waals surface area (Å²) in [5.41, 5.74) is -0.269. The highest BCUT2D eigenvalue weighted by Crippen LogP contribution is 2.24. The molecule has 0 unspecified atom stereocenters. The molecule has 2 amide bonds. The lowest BCUT2D eigenvalue weighted by molar-refractivity contribution is 0.231. The Kier molecular flexibility index (Phi) is 4.17. The van der Waals surface area contributed by atoms with Gasteiger partial charge in [0.2, 0.25) is 0 Å². The Hall–Kier alpha value is -2.17. The molecule has 0 spiro atoms. The molecule has 5 nitrogen and oxygen atoms in total. The Morgan fingerprint density at radius 3 is 2.10 bits per heavy atom. The van der Waals surface area contributed by atoms with E-state index in [1.807, 2.05) is 45.0 Å². The van der Waals surface area contributed by atoms with Crippen LogP contribution < -0.4 is 10.6 Å². The molecule has 0 aliphatic carbocycles. The van der Waals surface area contributed by atoms with Gasteiger partial charge in [0.25, 0.3) is 0 Å². The fraction of sp³-hybridized carbons (Fsp3) is 0.400. The second-order valence-corrected chi connectivity index (χ2v) is 5.67. The number of nitrogens with one attached hydrogen (secondary N) is 2. The summed E-state index contributed by atoms with van der Waals surface area (Å²) in [5, 5.41) is 5.70. The smallest absolute Gasteiger partial charge is 0.315 e. The number of hydrogen-bond acceptors (Lipinski definition) is 3. The monoisotopic (exact) mass is 276 g/mol. The molecule has 2 aromatic rings. The van der Waals surface area contributed by atoms with Crippen molar-refractivity contribution in [2.24, 2.45) is 0 Å². The summed E-state index contributed by atoms with van der Waals surface area (Å²) < 4.78 is 10.8. The molecule has 5 heteroatoms. The van der Waals surface area contributed by atoms with Crippen molar-refractivity contribution >= 4 is 6.03 Å². The van der Waals surface area contributed by atoms with Crippen LogP contribution in [0.5, 0.6) is 0 Å². The Morgan fingerprint density at radius 2 is 1.70 bits per heavy atom. The molecule has 108 valence electrons. The first kappa shape index (κ1) is 14.2. The molecule has 0 saturated heterocycles. The molecule has 0 atom stereocenters. The first-order valence-electron chi connectivity index (χ1n) is 6.58. The largest absolute Gasteiger partial charge is 0.469 e. The predicted octanol–water partition coefficient (Wildman–Crippen LogP) is 3.10. The van der Waals surface area contributed by atoms with E-state index in [0.29, 0.717) is 6.54 Å². The molecule has 0 radical (unpaired) electrons. The SMILES string of the molecule is CC(C)(C)NC(=O)NCC(c1ccco1)c1ccco1. The molecule has 20 heavy (non-hydrogen) atoms. The van der Waals surface area contributed by atoms with E-state index in [9.17, 15) is 4.79 Å². The average Bonchev–Trinajstić information content (AvgIpc) is 2.98. The molecule has 0 aromatic carbocycles. The van der Waals surface area contributed by atoms with Crippen LogP contribution >= 0.6 is 0 Å². The van der Waals surface area contributed by atoms with Gasteiger partial charge in [0, 0.05) is 12.1 Å². The van der Waals surface area contributed by atoms with Crippen LogP contribution in [0.1, 0.15) is 38.2 Å². The zero-order valence-electron chi connectivity index (χ0n) is 12.0. The maximum atomic E-state index is 11.8. The van der Waals surface area contributed by atoms with Gasteiger partial charge in [-0.1, -0.05) is 0 Å². The highest BCUT2D eigenvalue weighted by molar-refractivity contribution is 5.74. The Labute approximate surface area is 118 Å². The van der Waals surface area contributed by atoms with Gasteiger partial charge in [-0.2, -0.15) is 0 Å². The normalized spacial score (nSPS) is 11.6. The third-order valence-corrected chi connectivity index (χ3v) is 2.73. The average molecular weight is 276 g/mol. The van der Waals surface area contributed by atoms with E-state index in [4.69, 9.17) is 8.83 Å². The van der Waals surface area contributed by atoms with E-state index in [2.05, 4.69) is 10.6 Å². The molecule has 0 fully saturated rings. The number of rotatable bonds is 4. The van der Waals surface area contributed by atoms with Crippen molar-refractivity contribution in [3.8, 4) is 0 Å². The molecule has 2 N–H and O–H groups in total. The van der Waals surface area contributed by atoms with Gasteiger partial charge >= 0.3 is 6.03 Å². The van der Waals surface area contributed by atoms with Gasteiger partial charge in [-0.25, -0.2) is 4.79 Å². The lowest BCUT2D eigenvalue weighted by Crippen LogP contribution is -2.47. The van der Waals surface area contributed by atoms with Gasteiger partial charge in [0.05, 0.1) is 18.4 Å². The summed E-state index contributed by atoms with van der Waals surface area (Å²) in [6, 6.07) is 7.18. The van der Waals surface area contributed by atoms with Gasteiger partial charge in [0.1, 0.15) is 11.5 Å². The summed E-state index contributed by atoms with van der Waals surface area (Å²) >= 11 is 0. The first-order valence-corrected chi connectivity index (χ1v) is 6.58. The van der Waals surface area contributed by atoms with Crippen LogP contribution in [0.25, 0.3) is 0 Å². The van der Waals surface area contributed by atoms with Crippen molar-refractivity contribution in [1.29, 1.82) is 0 Å². The maximum absolute atomic E-state index is 11.8. The number of carbonyl (C=O) groups is 1. The molecular weight excluding hydrogens is 256 g/mol. The second kappa shape index (κ2) is 5.86. The van der Waals surface area contributed by atoms with Crippen molar-refractivity contribution in [2.45, 2.75) is 32.2 Å². The fourth-order valence-corrected chi connectivity index (χ4v) is 1.90. The van der Waals surface area contributed by atoms with Gasteiger partial charge in [0.15, 0.2) is 0 Å². The van der Waals surface area contributed by atoms with E-state index >= 15 is 0 Å². The van der Waals surface area contributed by atoms with Crippen LogP contribution in [0.3, 0.4) is 0 Å². The summed E-state index contributed by atoms with van der Waals surface area (Å²) in [5.74, 6) is 1.39. The molecule has 2 heterocycles. The van der Waals surface area contributed by atoms with Crippen LogP contribution in [0.4, 0.5) is 4.79 Å². The zero-order chi connectivity index (χ0) is 14.6. The highest BCUT2D eigenvalue weighted by Gasteiger charge is 2.21. The van der Waals surface area contributed by atoms with Gasteiger partial charge < -0.3 is 19.5 Å². The number of hydrogen-bond donors (Lipinski definition) is 2. The van der Waals surface area contributed by atoms with E-state index in [1.54, 1.807) is 12.5 Å². The standard InChI is InChI=1S/C15H20N2O3/c1-15(2,3)17-14(18)16-10-11(12-6-4-8-19-12)13-7-5-9-20-13/h4-9,11H,10H2,1-3H3,(H2,16,17,18). The molecule has 2 rings (SSSR count). The minimum atomic E-state index is -0.269. The van der Waals surface area contributed by atoms with E-state index in [0.717, 1.165) is 11.5 Å². The van der Waals surface area contributed by atoms with Crippen molar-refractivity contribution < 1.29 is 13.6 Å². The van der Waals surface area contributed by atoms with Crippen LogP contribution in [0, 0.1) is 0 Å². The summed E-state index contributed by atoms with van der Waals surface area (Å²) in [6.45, 7) is 6.21. The summed E-state index contributed by atoms with van der Waals surface area (Å²) in [6.07, 6.45) is 3.22. The Bertz CT molecular complexity index is 490. The van der Waals surface area contributed by atoms with Crippen LogP contribution in [-0.2, 0) is 0 Å². The van der Waals surface area contributed by atoms with Crippen molar-refractivity contribution in [3.63, 3.8) is 0 Å². The molecular formula is C15H20N2O3. The summed E-state index contributed by atoms with van der Waals surface area (Å²) in [7, 11) is 0. The topological polar surface area (TPSA) is 67.4 Å². The molecule has 0 bridgehead atoms. The highest BCUT2D eigenvalue weighted by atomic mass is 16.3. The van der Waals surface area contributed by atoms with Crippen molar-refractivity contribution in [1.82, 2.24) is 10.6 Å². The molecule has 0 saturated carbocycles. The lowest BCUT2D eigenvalue weighted by atomic mass is 10.0. The minimum Gasteiger partial charge on any atom is -0.469 e. The molecule has 2 aromatic heterocycles. The Morgan fingerprint density at radius 1 is 1.15 bits per heavy atom. The number of carbonyl (C=O) groups excluding carboxylic acids is 1. The molecule has 0 aliphatic rings. The van der Waals surface area contributed by atoms with Gasteiger partial charge in [-0.05, 0) is 45.0 Å². The predicted molar refractivity (Wildman–Crippen MR) is 75.5 cm³/mol. The summed E-state index contributed by atoms with van der Waals surface area (Å²) in [4.78, 5) is 11.8. The molecule has 0 aliphatic heterocycles. The lowest BCUT2D eigenvalue weighted by Gasteiger charge is -2.21. The van der Waals surface area contributed by atoms with Crippen LogP contribution in [-0.4, -0.2) is 18.1 Å². The van der Waals surface area contributed by atoms with Crippen LogP contribution in [0.2, 0.25) is 0 Å². The zero-order valence-corrected chi connectivity index (χ0v) is 12.0. The van der Waals surface area contributed by atoms with Gasteiger partial charge in [-0.15, -0.1) is 0 Å². The maximum Gasteiger partial charge on any atom is 0.315 e. The third kappa shape index (κ3) is 3.91. The van der Waals surface area contributed by atoms with Crippen molar-refractivity contribution in [3.05, 3.63) is 48.3 Å². The second-order valence-electron chi connectivity index (χ2n) is 5.67. The number of furan rings is 2. The number of amides is 2. The van der Waals surface area contributed by atoms with Gasteiger partial charge in [-0.3, -0.25) is 0 Å².